The molecule has 3 aromatic rings. The highest BCUT2D eigenvalue weighted by atomic mass is 16.5. The Hall–Kier alpha value is -3.81. The maximum atomic E-state index is 12.0. The minimum Gasteiger partial charge on any atom is -0.497 e. The van der Waals surface area contributed by atoms with Crippen LogP contribution < -0.4 is 25.2 Å². The Balaban J connectivity index is 1.75. The summed E-state index contributed by atoms with van der Waals surface area (Å²) in [6.07, 6.45) is 2.53. The zero-order chi connectivity index (χ0) is 22.1. The molecule has 0 unspecified atom stereocenters. The van der Waals surface area contributed by atoms with Gasteiger partial charge in [-0.2, -0.15) is 5.10 Å². The summed E-state index contributed by atoms with van der Waals surface area (Å²) >= 11 is 0. The van der Waals surface area contributed by atoms with Crippen LogP contribution in [0.25, 0.3) is 11.3 Å². The molecule has 0 aliphatic heterocycles. The zero-order valence-corrected chi connectivity index (χ0v) is 17.8. The zero-order valence-electron chi connectivity index (χ0n) is 17.8. The number of ether oxygens (including phenoxy) is 3. The first-order valence-corrected chi connectivity index (χ1v) is 10.1. The van der Waals surface area contributed by atoms with E-state index >= 15 is 0 Å². The van der Waals surface area contributed by atoms with Gasteiger partial charge >= 0.3 is 0 Å². The van der Waals surface area contributed by atoms with E-state index in [4.69, 9.17) is 14.2 Å². The van der Waals surface area contributed by atoms with Crippen molar-refractivity contribution in [2.75, 3.05) is 25.7 Å². The first kappa shape index (κ1) is 21.9. The van der Waals surface area contributed by atoms with Crippen LogP contribution in [0.1, 0.15) is 25.8 Å². The number of hydrogen-bond donors (Lipinski definition) is 2. The van der Waals surface area contributed by atoms with Crippen molar-refractivity contribution in [2.24, 2.45) is 5.10 Å². The van der Waals surface area contributed by atoms with E-state index in [0.29, 0.717) is 30.4 Å². The summed E-state index contributed by atoms with van der Waals surface area (Å²) in [5, 5.41) is 4.18. The van der Waals surface area contributed by atoms with E-state index in [9.17, 15) is 4.79 Å². The summed E-state index contributed by atoms with van der Waals surface area (Å²) in [7, 11) is 1.60. The summed E-state index contributed by atoms with van der Waals surface area (Å²) in [5.41, 5.74) is 4.63. The average Bonchev–Trinajstić information content (AvgIpc) is 2.78. The number of hydrazone groups is 1. The maximum Gasteiger partial charge on any atom is 0.252 e. The fourth-order valence-electron chi connectivity index (χ4n) is 2.79. The van der Waals surface area contributed by atoms with Gasteiger partial charge in [-0.25, -0.2) is 10.4 Å². The molecule has 0 atom stereocenters. The number of aromatic nitrogens is 2. The van der Waals surface area contributed by atoms with Crippen molar-refractivity contribution in [1.29, 1.82) is 0 Å². The van der Waals surface area contributed by atoms with Crippen molar-refractivity contribution in [3.8, 4) is 28.5 Å². The van der Waals surface area contributed by atoms with Crippen molar-refractivity contribution < 1.29 is 14.2 Å². The Bertz CT molecular complexity index is 1080. The third kappa shape index (κ3) is 6.08. The number of benzene rings is 2. The number of methoxy groups -OCH3 is 1. The number of nitrogens with zero attached hydrogens (tertiary/aromatic N) is 2. The quantitative estimate of drug-likeness (QED) is 0.377. The molecule has 0 aliphatic carbocycles. The molecular formula is C23H26N4O4. The van der Waals surface area contributed by atoms with Gasteiger partial charge in [0.05, 0.1) is 32.2 Å². The molecule has 1 aromatic heterocycles. The monoisotopic (exact) mass is 422 g/mol. The van der Waals surface area contributed by atoms with Gasteiger partial charge in [0.25, 0.3) is 5.56 Å². The molecule has 0 bridgehead atoms. The van der Waals surface area contributed by atoms with Crippen LogP contribution in [-0.2, 0) is 0 Å². The predicted molar refractivity (Wildman–Crippen MR) is 121 cm³/mol. The highest BCUT2D eigenvalue weighted by Crippen LogP contribution is 2.28. The number of anilines is 1. The molecule has 2 aromatic carbocycles. The molecular weight excluding hydrogens is 396 g/mol. The van der Waals surface area contributed by atoms with E-state index in [1.165, 1.54) is 6.07 Å². The lowest BCUT2D eigenvalue weighted by Gasteiger charge is -2.11. The lowest BCUT2D eigenvalue weighted by Crippen LogP contribution is -2.10. The number of aromatic amines is 1. The summed E-state index contributed by atoms with van der Waals surface area (Å²) in [5.74, 6) is 2.33. The second kappa shape index (κ2) is 10.8. The smallest absolute Gasteiger partial charge is 0.252 e. The van der Waals surface area contributed by atoms with E-state index in [2.05, 4.69) is 27.4 Å². The van der Waals surface area contributed by atoms with Gasteiger partial charge in [0, 0.05) is 11.6 Å². The Morgan fingerprint density at radius 3 is 2.58 bits per heavy atom. The standard InChI is InChI=1S/C23H26N4O4/c1-4-12-31-20-11-6-16(13-21(20)30-5-2)15-24-27-23-25-19(14-22(28)26-23)17-7-9-18(29-3)10-8-17/h6-11,13-15H,4-5,12H2,1-3H3,(H2,25,26,27,28)/b24-15-. The first-order chi connectivity index (χ1) is 15.1. The molecule has 2 N–H and O–H groups in total. The van der Waals surface area contributed by atoms with Gasteiger partial charge in [0.1, 0.15) is 5.75 Å². The van der Waals surface area contributed by atoms with Crippen LogP contribution in [-0.4, -0.2) is 36.5 Å². The van der Waals surface area contributed by atoms with Crippen LogP contribution in [0.15, 0.2) is 58.4 Å². The molecule has 0 amide bonds. The van der Waals surface area contributed by atoms with Gasteiger partial charge in [0.2, 0.25) is 5.95 Å². The van der Waals surface area contributed by atoms with Gasteiger partial charge in [-0.15, -0.1) is 0 Å². The molecule has 0 spiro atoms. The number of nitrogens with one attached hydrogen (secondary N) is 2. The number of hydrogen-bond acceptors (Lipinski definition) is 7. The largest absolute Gasteiger partial charge is 0.497 e. The van der Waals surface area contributed by atoms with Gasteiger partial charge in [-0.05, 0) is 61.4 Å². The number of H-pyrrole nitrogens is 1. The molecule has 3 rings (SSSR count). The Labute approximate surface area is 180 Å². The van der Waals surface area contributed by atoms with Crippen molar-refractivity contribution >= 4 is 12.2 Å². The van der Waals surface area contributed by atoms with Gasteiger partial charge in [0.15, 0.2) is 11.5 Å². The Morgan fingerprint density at radius 1 is 1.06 bits per heavy atom. The van der Waals surface area contributed by atoms with E-state index in [-0.39, 0.29) is 11.5 Å². The van der Waals surface area contributed by atoms with Crippen LogP contribution in [0.5, 0.6) is 17.2 Å². The molecule has 1 heterocycles. The van der Waals surface area contributed by atoms with Crippen LogP contribution in [0, 0.1) is 0 Å². The molecule has 8 heteroatoms. The van der Waals surface area contributed by atoms with Crippen molar-refractivity contribution in [2.45, 2.75) is 20.3 Å². The summed E-state index contributed by atoms with van der Waals surface area (Å²) in [6, 6.07) is 14.3. The predicted octanol–water partition coefficient (Wildman–Crippen LogP) is 4.08. The Morgan fingerprint density at radius 2 is 1.87 bits per heavy atom. The third-order valence-corrected chi connectivity index (χ3v) is 4.24. The van der Waals surface area contributed by atoms with Crippen molar-refractivity contribution in [1.82, 2.24) is 9.97 Å². The molecule has 0 saturated heterocycles. The number of rotatable bonds is 10. The summed E-state index contributed by atoms with van der Waals surface area (Å²) in [6.45, 7) is 5.13. The van der Waals surface area contributed by atoms with Crippen molar-refractivity contribution in [3.05, 3.63) is 64.4 Å². The van der Waals surface area contributed by atoms with Crippen LogP contribution >= 0.6 is 0 Å². The molecule has 0 saturated carbocycles. The van der Waals surface area contributed by atoms with E-state index < -0.39 is 0 Å². The average molecular weight is 422 g/mol. The minimum atomic E-state index is -0.283. The van der Waals surface area contributed by atoms with E-state index in [1.54, 1.807) is 13.3 Å². The molecule has 0 fully saturated rings. The SMILES string of the molecule is CCCOc1ccc(/C=N\Nc2nc(-c3ccc(OC)cc3)cc(=O)[nH]2)cc1OCC. The first-order valence-electron chi connectivity index (χ1n) is 10.1. The lowest BCUT2D eigenvalue weighted by molar-refractivity contribution is 0.277. The fraction of sp³-hybridized carbons (Fsp3) is 0.261. The Kier molecular flexibility index (Phi) is 7.64. The van der Waals surface area contributed by atoms with Crippen LogP contribution in [0.4, 0.5) is 5.95 Å². The summed E-state index contributed by atoms with van der Waals surface area (Å²) in [4.78, 5) is 19.1. The molecule has 31 heavy (non-hydrogen) atoms. The van der Waals surface area contributed by atoms with Gasteiger partial charge < -0.3 is 14.2 Å². The molecule has 0 aliphatic rings. The summed E-state index contributed by atoms with van der Waals surface area (Å²) < 4.78 is 16.5. The third-order valence-electron chi connectivity index (χ3n) is 4.24. The molecule has 8 nitrogen and oxygen atoms in total. The van der Waals surface area contributed by atoms with Crippen LogP contribution in [0.3, 0.4) is 0 Å². The topological polar surface area (TPSA) is 97.8 Å². The second-order valence-corrected chi connectivity index (χ2v) is 6.57. The normalized spacial score (nSPS) is 10.8. The lowest BCUT2D eigenvalue weighted by atomic mass is 10.1. The minimum absolute atomic E-state index is 0.238. The fourth-order valence-corrected chi connectivity index (χ4v) is 2.79. The van der Waals surface area contributed by atoms with Crippen molar-refractivity contribution in [3.63, 3.8) is 0 Å². The highest BCUT2D eigenvalue weighted by molar-refractivity contribution is 5.81. The van der Waals surface area contributed by atoms with Crippen LogP contribution in [0.2, 0.25) is 0 Å². The second-order valence-electron chi connectivity index (χ2n) is 6.57. The van der Waals surface area contributed by atoms with E-state index in [1.807, 2.05) is 49.4 Å². The highest BCUT2D eigenvalue weighted by Gasteiger charge is 2.06. The molecule has 0 radical (unpaired) electrons. The van der Waals surface area contributed by atoms with Gasteiger partial charge in [-0.1, -0.05) is 6.92 Å². The van der Waals surface area contributed by atoms with E-state index in [0.717, 1.165) is 23.3 Å². The molecule has 162 valence electrons. The van der Waals surface area contributed by atoms with Gasteiger partial charge in [-0.3, -0.25) is 9.78 Å². The maximum absolute atomic E-state index is 12.0.